The average molecular weight is 796 g/mol. The lowest BCUT2D eigenvalue weighted by molar-refractivity contribution is 0.801. The summed E-state index contributed by atoms with van der Waals surface area (Å²) in [6.07, 6.45) is 19.5. The summed E-state index contributed by atoms with van der Waals surface area (Å²) < 4.78 is 5.14. The van der Waals surface area contributed by atoms with Gasteiger partial charge in [-0.1, -0.05) is 164 Å². The van der Waals surface area contributed by atoms with Crippen molar-refractivity contribution in [1.82, 2.24) is 14.1 Å². The summed E-state index contributed by atoms with van der Waals surface area (Å²) in [6, 6.07) is 61.8. The Morgan fingerprint density at radius 3 is 1.89 bits per heavy atom. The minimum Gasteiger partial charge on any atom is -0.317 e. The Hall–Kier alpha value is -7.49. The first-order valence-electron chi connectivity index (χ1n) is 22.1. The predicted molar refractivity (Wildman–Crippen MR) is 260 cm³/mol. The topological polar surface area (TPSA) is 22.8 Å². The molecule has 12 rings (SSSR count). The van der Waals surface area contributed by atoms with Crippen LogP contribution in [0.25, 0.3) is 90.1 Å². The first kappa shape index (κ1) is 36.4. The Bertz CT molecular complexity index is 3300. The monoisotopic (exact) mass is 795 g/mol. The summed E-state index contributed by atoms with van der Waals surface area (Å²) in [5.74, 6) is 0.132. The van der Waals surface area contributed by atoms with Gasteiger partial charge in [0.1, 0.15) is 0 Å². The van der Waals surface area contributed by atoms with E-state index in [0.29, 0.717) is 0 Å². The van der Waals surface area contributed by atoms with Crippen LogP contribution in [-0.2, 0) is 12.8 Å². The largest absolute Gasteiger partial charge is 0.317 e. The number of benzene rings is 6. The minimum absolute atomic E-state index is 0.132. The molecule has 3 aliphatic rings. The summed E-state index contributed by atoms with van der Waals surface area (Å²) in [7, 11) is 0. The Kier molecular flexibility index (Phi) is 8.92. The maximum absolute atomic E-state index is 5.38. The van der Waals surface area contributed by atoms with E-state index in [-0.39, 0.29) is 5.92 Å². The van der Waals surface area contributed by atoms with Crippen LogP contribution < -0.4 is 0 Å². The number of para-hydroxylation sites is 2. The van der Waals surface area contributed by atoms with Crippen molar-refractivity contribution >= 4 is 45.4 Å². The Morgan fingerprint density at radius 2 is 1.10 bits per heavy atom. The molecular weight excluding hydrogens is 751 g/mol. The van der Waals surface area contributed by atoms with Crippen LogP contribution in [0.1, 0.15) is 53.3 Å². The fraction of sp³-hybridized carbons (Fsp3) is 0.102. The van der Waals surface area contributed by atoms with Gasteiger partial charge in [-0.2, -0.15) is 0 Å². The maximum atomic E-state index is 5.38. The van der Waals surface area contributed by atoms with Crippen molar-refractivity contribution in [2.45, 2.75) is 38.0 Å². The van der Waals surface area contributed by atoms with Gasteiger partial charge in [0.25, 0.3) is 0 Å². The fourth-order valence-corrected chi connectivity index (χ4v) is 10.3. The first-order chi connectivity index (χ1) is 30.7. The van der Waals surface area contributed by atoms with Gasteiger partial charge in [-0.15, -0.1) is 0 Å². The molecule has 9 aromatic rings. The minimum atomic E-state index is 0.132. The third-order valence-electron chi connectivity index (χ3n) is 13.2. The molecule has 1 unspecified atom stereocenters. The number of fused-ring (bicyclic) bond motifs is 6. The predicted octanol–water partition coefficient (Wildman–Crippen LogP) is 15.1. The first-order valence-corrected chi connectivity index (χ1v) is 22.1. The second-order valence-corrected chi connectivity index (χ2v) is 16.9. The third kappa shape index (κ3) is 6.32. The van der Waals surface area contributed by atoms with Gasteiger partial charge in [-0.05, 0) is 108 Å². The van der Waals surface area contributed by atoms with Crippen LogP contribution in [-0.4, -0.2) is 14.1 Å². The van der Waals surface area contributed by atoms with E-state index >= 15 is 0 Å². The lowest BCUT2D eigenvalue weighted by atomic mass is 9.87. The maximum Gasteiger partial charge on any atom is 0.0715 e. The van der Waals surface area contributed by atoms with Crippen LogP contribution in [0.3, 0.4) is 0 Å². The number of hydrogen-bond donors (Lipinski definition) is 0. The number of hydrogen-bond acceptors (Lipinski definition) is 1. The van der Waals surface area contributed by atoms with Crippen molar-refractivity contribution in [2.24, 2.45) is 0 Å². The molecule has 62 heavy (non-hydrogen) atoms. The molecule has 0 N–H and O–H groups in total. The van der Waals surface area contributed by atoms with Crippen molar-refractivity contribution < 1.29 is 0 Å². The Balaban J connectivity index is 1.01. The molecule has 3 heterocycles. The quantitative estimate of drug-likeness (QED) is 0.158. The molecule has 3 aromatic heterocycles. The summed E-state index contributed by atoms with van der Waals surface area (Å²) in [5, 5.41) is 2.69. The molecule has 0 radical (unpaired) electrons. The van der Waals surface area contributed by atoms with E-state index in [4.69, 9.17) is 4.98 Å². The average Bonchev–Trinajstić information content (AvgIpc) is 3.88. The lowest BCUT2D eigenvalue weighted by Gasteiger charge is -2.27. The third-order valence-corrected chi connectivity index (χ3v) is 13.2. The van der Waals surface area contributed by atoms with Gasteiger partial charge in [-0.3, -0.25) is 0 Å². The highest BCUT2D eigenvalue weighted by atomic mass is 15.0. The highest BCUT2D eigenvalue weighted by Crippen LogP contribution is 2.44. The molecule has 3 heteroatoms. The van der Waals surface area contributed by atoms with Crippen LogP contribution in [0, 0.1) is 0 Å². The van der Waals surface area contributed by atoms with Crippen molar-refractivity contribution in [3.8, 4) is 44.8 Å². The molecule has 0 bridgehead atoms. The van der Waals surface area contributed by atoms with Gasteiger partial charge < -0.3 is 9.13 Å². The molecule has 0 amide bonds. The molecule has 0 saturated heterocycles. The van der Waals surface area contributed by atoms with Gasteiger partial charge in [-0.25, -0.2) is 4.98 Å². The van der Waals surface area contributed by atoms with E-state index in [1.165, 1.54) is 78.0 Å². The van der Waals surface area contributed by atoms with E-state index in [0.717, 1.165) is 60.2 Å². The van der Waals surface area contributed by atoms with E-state index in [2.05, 4.69) is 215 Å². The number of pyridine rings is 1. The van der Waals surface area contributed by atoms with Gasteiger partial charge in [0.2, 0.25) is 0 Å². The summed E-state index contributed by atoms with van der Waals surface area (Å²) in [6.45, 7) is 0. The number of aromatic nitrogens is 3. The second kappa shape index (κ2) is 15.2. The molecule has 0 fully saturated rings. The van der Waals surface area contributed by atoms with E-state index in [9.17, 15) is 0 Å². The standard InChI is InChI=1S/C59H45N3/c1-3-16-40(17-4-1)41-30-32-42(33-31-41)47-37-54(43-18-5-2-6-19-43)60-55(38-47)45-21-15-20-44(34-45)46-35-48(61-56-26-11-7-22-50(56)51-23-8-12-27-57(51)61)39-49(36-46)62-58-28-13-9-24-52(58)53-25-10-14-29-59(53)62/h1-9,11,13-24,26,28-34,36-39,46H,10,12,25,27,35H2. The van der Waals surface area contributed by atoms with Crippen LogP contribution in [0.15, 0.2) is 194 Å². The van der Waals surface area contributed by atoms with E-state index < -0.39 is 0 Å². The smallest absolute Gasteiger partial charge is 0.0715 e. The zero-order valence-corrected chi connectivity index (χ0v) is 34.6. The van der Waals surface area contributed by atoms with E-state index in [1.807, 2.05) is 0 Å². The van der Waals surface area contributed by atoms with Gasteiger partial charge >= 0.3 is 0 Å². The van der Waals surface area contributed by atoms with Crippen molar-refractivity contribution in [1.29, 1.82) is 0 Å². The zero-order valence-electron chi connectivity index (χ0n) is 34.6. The summed E-state index contributed by atoms with van der Waals surface area (Å²) >= 11 is 0. The van der Waals surface area contributed by atoms with Crippen molar-refractivity contribution in [3.05, 3.63) is 222 Å². The molecule has 3 aliphatic carbocycles. The SMILES string of the molecule is C1=Cc2c(c3ccccc3n2C2=CC(c3cccc(-c4cc(-c5ccc(-c6ccccc6)cc5)cc(-c5ccccc5)n4)c3)CC(n3c4c(c5ccccc53)C=CCC4)=C2)CC1. The van der Waals surface area contributed by atoms with Crippen LogP contribution in [0.2, 0.25) is 0 Å². The van der Waals surface area contributed by atoms with E-state index in [1.54, 1.807) is 0 Å². The molecule has 1 atom stereocenters. The summed E-state index contributed by atoms with van der Waals surface area (Å²) in [5.41, 5.74) is 20.9. The van der Waals surface area contributed by atoms with Crippen molar-refractivity contribution in [3.63, 3.8) is 0 Å². The molecule has 3 nitrogen and oxygen atoms in total. The molecule has 0 spiro atoms. The van der Waals surface area contributed by atoms with Crippen LogP contribution in [0.5, 0.6) is 0 Å². The van der Waals surface area contributed by atoms with Crippen molar-refractivity contribution in [2.75, 3.05) is 0 Å². The highest BCUT2D eigenvalue weighted by Gasteiger charge is 2.27. The Morgan fingerprint density at radius 1 is 0.484 bits per heavy atom. The highest BCUT2D eigenvalue weighted by molar-refractivity contribution is 5.97. The fourth-order valence-electron chi connectivity index (χ4n) is 10.3. The lowest BCUT2D eigenvalue weighted by Crippen LogP contribution is -2.13. The molecule has 6 aromatic carbocycles. The van der Waals surface area contributed by atoms with Gasteiger partial charge in [0.15, 0.2) is 0 Å². The molecule has 0 aliphatic heterocycles. The van der Waals surface area contributed by atoms with Gasteiger partial charge in [0.05, 0.1) is 22.4 Å². The number of aryl methyl sites for hydroxylation is 1. The molecule has 296 valence electrons. The molecular formula is C59H45N3. The second-order valence-electron chi connectivity index (χ2n) is 16.9. The number of allylic oxidation sites excluding steroid dienone is 6. The zero-order chi connectivity index (χ0) is 41.0. The van der Waals surface area contributed by atoms with Gasteiger partial charge in [0, 0.05) is 56.2 Å². The number of rotatable bonds is 7. The van der Waals surface area contributed by atoms with Crippen LogP contribution in [0.4, 0.5) is 0 Å². The van der Waals surface area contributed by atoms with Crippen LogP contribution >= 0.6 is 0 Å². The normalized spacial score (nSPS) is 15.6. The summed E-state index contributed by atoms with van der Waals surface area (Å²) in [4.78, 5) is 5.38. The molecule has 0 saturated carbocycles. The number of nitrogens with zero attached hydrogens (tertiary/aromatic N) is 3. The Labute approximate surface area is 363 Å².